The monoisotopic (exact) mass is 404 g/mol. The summed E-state index contributed by atoms with van der Waals surface area (Å²) in [7, 11) is -4.35. The topological polar surface area (TPSA) is 63.6 Å². The Balaban J connectivity index is 3.90. The summed E-state index contributed by atoms with van der Waals surface area (Å²) in [6, 6.07) is 0. The van der Waals surface area contributed by atoms with Gasteiger partial charge in [0.2, 0.25) is 0 Å². The quantitative estimate of drug-likeness (QED) is 0.132. The van der Waals surface area contributed by atoms with E-state index in [-0.39, 0.29) is 12.5 Å². The highest BCUT2D eigenvalue weighted by molar-refractivity contribution is 7.80. The van der Waals surface area contributed by atoms with Crippen molar-refractivity contribution in [1.82, 2.24) is 0 Å². The van der Waals surface area contributed by atoms with Crippen LogP contribution >= 0.6 is 0 Å². The summed E-state index contributed by atoms with van der Waals surface area (Å²) in [6.07, 6.45) is 24.0. The van der Waals surface area contributed by atoms with Crippen LogP contribution in [0.3, 0.4) is 0 Å². The van der Waals surface area contributed by atoms with Crippen molar-refractivity contribution in [3.8, 4) is 0 Å². The van der Waals surface area contributed by atoms with Crippen LogP contribution in [0.1, 0.15) is 117 Å². The molecule has 162 valence electrons. The SMILES string of the molecule is CCCCCC/C=C/C(CCCCCCCCCCCC)COS(=O)(=O)O. The van der Waals surface area contributed by atoms with Gasteiger partial charge in [0.15, 0.2) is 0 Å². The van der Waals surface area contributed by atoms with Crippen molar-refractivity contribution in [2.75, 3.05) is 6.61 Å². The molecular weight excluding hydrogens is 360 g/mol. The molecule has 0 aromatic rings. The smallest absolute Gasteiger partial charge is 0.264 e. The van der Waals surface area contributed by atoms with Crippen molar-refractivity contribution < 1.29 is 17.2 Å². The molecule has 0 rings (SSSR count). The normalized spacial score (nSPS) is 13.4. The molecule has 0 aromatic carbocycles. The predicted octanol–water partition coefficient (Wildman–Crippen LogP) is 7.26. The molecule has 0 aliphatic heterocycles. The molecule has 4 nitrogen and oxygen atoms in total. The molecule has 1 atom stereocenters. The fourth-order valence-electron chi connectivity index (χ4n) is 3.28. The molecule has 5 heteroatoms. The molecule has 1 N–H and O–H groups in total. The molecule has 27 heavy (non-hydrogen) atoms. The van der Waals surface area contributed by atoms with Gasteiger partial charge in [-0.2, -0.15) is 8.42 Å². The van der Waals surface area contributed by atoms with Gasteiger partial charge in [-0.05, 0) is 19.3 Å². The van der Waals surface area contributed by atoms with E-state index >= 15 is 0 Å². The summed E-state index contributed by atoms with van der Waals surface area (Å²) in [5.74, 6) is 0.0622. The molecular formula is C22H44O4S. The average Bonchev–Trinajstić information content (AvgIpc) is 2.62. The maximum absolute atomic E-state index is 10.8. The van der Waals surface area contributed by atoms with Crippen molar-refractivity contribution in [3.05, 3.63) is 12.2 Å². The minimum Gasteiger partial charge on any atom is -0.264 e. The molecule has 0 saturated heterocycles. The zero-order valence-corrected chi connectivity index (χ0v) is 18.6. The van der Waals surface area contributed by atoms with E-state index in [4.69, 9.17) is 4.55 Å². The van der Waals surface area contributed by atoms with Crippen molar-refractivity contribution in [1.29, 1.82) is 0 Å². The summed E-state index contributed by atoms with van der Waals surface area (Å²) in [6.45, 7) is 4.49. The third-order valence-corrected chi connectivity index (χ3v) is 5.43. The largest absolute Gasteiger partial charge is 0.397 e. The van der Waals surface area contributed by atoms with Crippen LogP contribution in [-0.2, 0) is 14.6 Å². The molecule has 1 unspecified atom stereocenters. The lowest BCUT2D eigenvalue weighted by molar-refractivity contribution is 0.234. The Morgan fingerprint density at radius 2 is 1.26 bits per heavy atom. The first-order valence-electron chi connectivity index (χ1n) is 11.3. The number of hydrogen-bond donors (Lipinski definition) is 1. The number of allylic oxidation sites excluding steroid dienone is 1. The fraction of sp³-hybridized carbons (Fsp3) is 0.909. The minimum absolute atomic E-state index is 0.0434. The van der Waals surface area contributed by atoms with Crippen molar-refractivity contribution in [2.24, 2.45) is 5.92 Å². The maximum Gasteiger partial charge on any atom is 0.397 e. The van der Waals surface area contributed by atoms with Crippen molar-refractivity contribution in [3.63, 3.8) is 0 Å². The van der Waals surface area contributed by atoms with Gasteiger partial charge in [0, 0.05) is 5.92 Å². The van der Waals surface area contributed by atoms with Gasteiger partial charge in [-0.25, -0.2) is 4.18 Å². The number of hydrogen-bond acceptors (Lipinski definition) is 3. The van der Waals surface area contributed by atoms with Crippen LogP contribution in [-0.4, -0.2) is 19.6 Å². The Kier molecular flexibility index (Phi) is 18.7. The Morgan fingerprint density at radius 3 is 1.78 bits per heavy atom. The lowest BCUT2D eigenvalue weighted by Gasteiger charge is -2.12. The van der Waals surface area contributed by atoms with Crippen molar-refractivity contribution >= 4 is 10.4 Å². The minimum atomic E-state index is -4.35. The van der Waals surface area contributed by atoms with Crippen molar-refractivity contribution in [2.45, 2.75) is 117 Å². The Morgan fingerprint density at radius 1 is 0.778 bits per heavy atom. The highest BCUT2D eigenvalue weighted by Crippen LogP contribution is 2.16. The number of unbranched alkanes of at least 4 members (excludes halogenated alkanes) is 13. The summed E-state index contributed by atoms with van der Waals surface area (Å²) in [5, 5.41) is 0. The van der Waals surface area contributed by atoms with Crippen LogP contribution in [0.5, 0.6) is 0 Å². The Labute approximate surface area is 169 Å². The third-order valence-electron chi connectivity index (χ3n) is 4.99. The van der Waals surface area contributed by atoms with Gasteiger partial charge >= 0.3 is 10.4 Å². The summed E-state index contributed by atoms with van der Waals surface area (Å²) in [4.78, 5) is 0. The lowest BCUT2D eigenvalue weighted by atomic mass is 9.99. The second kappa shape index (κ2) is 18.9. The predicted molar refractivity (Wildman–Crippen MR) is 115 cm³/mol. The van der Waals surface area contributed by atoms with Gasteiger partial charge in [-0.3, -0.25) is 4.55 Å². The van der Waals surface area contributed by atoms with E-state index < -0.39 is 10.4 Å². The maximum atomic E-state index is 10.8. The van der Waals surface area contributed by atoms with E-state index in [1.54, 1.807) is 0 Å². The van der Waals surface area contributed by atoms with Crippen LogP contribution in [0, 0.1) is 5.92 Å². The first kappa shape index (κ1) is 26.6. The average molecular weight is 405 g/mol. The van der Waals surface area contributed by atoms with Crippen LogP contribution in [0.25, 0.3) is 0 Å². The molecule has 0 spiro atoms. The molecule has 0 fully saturated rings. The lowest BCUT2D eigenvalue weighted by Crippen LogP contribution is -2.12. The van der Waals surface area contributed by atoms with E-state index in [1.807, 2.05) is 0 Å². The first-order chi connectivity index (χ1) is 13.0. The number of rotatable bonds is 20. The van der Waals surface area contributed by atoms with Gasteiger partial charge < -0.3 is 0 Å². The second-order valence-electron chi connectivity index (χ2n) is 7.72. The van der Waals surface area contributed by atoms with E-state index in [1.165, 1.54) is 83.5 Å². The molecule has 0 aromatic heterocycles. The highest BCUT2D eigenvalue weighted by Gasteiger charge is 2.11. The van der Waals surface area contributed by atoms with Crippen LogP contribution in [0.15, 0.2) is 12.2 Å². The van der Waals surface area contributed by atoms with Crippen LogP contribution in [0.2, 0.25) is 0 Å². The molecule has 0 bridgehead atoms. The van der Waals surface area contributed by atoms with E-state index in [2.05, 4.69) is 30.2 Å². The van der Waals surface area contributed by atoms with Crippen LogP contribution < -0.4 is 0 Å². The summed E-state index contributed by atoms with van der Waals surface area (Å²) >= 11 is 0. The van der Waals surface area contributed by atoms with E-state index in [0.717, 1.165) is 19.3 Å². The molecule has 0 radical (unpaired) electrons. The van der Waals surface area contributed by atoms with Gasteiger partial charge in [-0.1, -0.05) is 109 Å². The van der Waals surface area contributed by atoms with Gasteiger partial charge in [0.25, 0.3) is 0 Å². The van der Waals surface area contributed by atoms with E-state index in [9.17, 15) is 8.42 Å². The molecule has 0 heterocycles. The second-order valence-corrected chi connectivity index (χ2v) is 8.81. The standard InChI is InChI=1S/C22H44O4S/c1-3-5-7-9-11-12-13-14-16-18-20-22(21-26-27(23,24)25)19-17-15-10-8-6-4-2/h17,19,22H,3-16,18,20-21H2,1-2H3,(H,23,24,25)/b19-17+. The third kappa shape index (κ3) is 21.8. The van der Waals surface area contributed by atoms with Gasteiger partial charge in [0.1, 0.15) is 0 Å². The zero-order valence-electron chi connectivity index (χ0n) is 17.8. The molecule has 0 amide bonds. The Bertz CT molecular complexity index is 432. The van der Waals surface area contributed by atoms with Crippen LogP contribution in [0.4, 0.5) is 0 Å². The fourth-order valence-corrected chi connectivity index (χ4v) is 3.63. The molecule has 0 aliphatic carbocycles. The van der Waals surface area contributed by atoms with Gasteiger partial charge in [0.05, 0.1) is 6.61 Å². The summed E-state index contributed by atoms with van der Waals surface area (Å²) in [5.41, 5.74) is 0. The first-order valence-corrected chi connectivity index (χ1v) is 12.6. The van der Waals surface area contributed by atoms with Gasteiger partial charge in [-0.15, -0.1) is 0 Å². The molecule has 0 saturated carbocycles. The Hall–Kier alpha value is -0.390. The van der Waals surface area contributed by atoms with E-state index in [0.29, 0.717) is 0 Å². The zero-order chi connectivity index (χ0) is 20.2. The summed E-state index contributed by atoms with van der Waals surface area (Å²) < 4.78 is 35.1. The highest BCUT2D eigenvalue weighted by atomic mass is 32.3. The molecule has 0 aliphatic rings.